The van der Waals surface area contributed by atoms with Crippen molar-refractivity contribution in [3.05, 3.63) is 68.7 Å². The quantitative estimate of drug-likeness (QED) is 0.483. The first-order valence-electron chi connectivity index (χ1n) is 10.2. The van der Waals surface area contributed by atoms with Gasteiger partial charge in [-0.15, -0.1) is 0 Å². The van der Waals surface area contributed by atoms with Crippen LogP contribution in [0.3, 0.4) is 0 Å². The fourth-order valence-corrected chi connectivity index (χ4v) is 4.17. The Morgan fingerprint density at radius 2 is 1.84 bits per heavy atom. The van der Waals surface area contributed by atoms with Gasteiger partial charge in [-0.05, 0) is 75.1 Å². The minimum Gasteiger partial charge on any atom is -0.444 e. The first-order chi connectivity index (χ1) is 14.5. The third-order valence-electron chi connectivity index (χ3n) is 5.00. The van der Waals surface area contributed by atoms with Crippen LogP contribution in [-0.4, -0.2) is 29.7 Å². The fraction of sp³-hybridized carbons (Fsp3) is 0.375. The zero-order valence-corrected chi connectivity index (χ0v) is 20.4. The molecule has 1 heterocycles. The first-order valence-corrected chi connectivity index (χ1v) is 11.4. The van der Waals surface area contributed by atoms with Gasteiger partial charge in [0.25, 0.3) is 0 Å². The molecule has 0 fully saturated rings. The molecule has 1 atom stereocenters. The van der Waals surface area contributed by atoms with Gasteiger partial charge < -0.3 is 15.0 Å². The summed E-state index contributed by atoms with van der Waals surface area (Å²) in [7, 11) is 0. The second-order valence-corrected chi connectivity index (χ2v) is 9.88. The number of rotatable bonds is 4. The van der Waals surface area contributed by atoms with Crippen LogP contribution < -0.4 is 5.32 Å². The minimum absolute atomic E-state index is 0.0551. The molecule has 2 aromatic rings. The van der Waals surface area contributed by atoms with Crippen LogP contribution in [0.25, 0.3) is 5.57 Å². The van der Waals surface area contributed by atoms with Crippen LogP contribution in [0, 0.1) is 0 Å². The largest absolute Gasteiger partial charge is 0.444 e. The monoisotopic (exact) mass is 480 g/mol. The predicted octanol–water partition coefficient (Wildman–Crippen LogP) is 7.84. The van der Waals surface area contributed by atoms with Crippen LogP contribution >= 0.6 is 34.8 Å². The van der Waals surface area contributed by atoms with E-state index >= 15 is 0 Å². The maximum atomic E-state index is 12.3. The Labute approximate surface area is 199 Å². The number of hydrogen-bond acceptors (Lipinski definition) is 3. The van der Waals surface area contributed by atoms with Crippen molar-refractivity contribution in [1.82, 2.24) is 4.90 Å². The molecule has 0 bridgehead atoms. The van der Waals surface area contributed by atoms with E-state index < -0.39 is 5.60 Å². The van der Waals surface area contributed by atoms with Crippen LogP contribution in [0.1, 0.15) is 51.3 Å². The highest BCUT2D eigenvalue weighted by molar-refractivity contribution is 6.35. The van der Waals surface area contributed by atoms with E-state index in [4.69, 9.17) is 39.5 Å². The Bertz CT molecular complexity index is 999. The van der Waals surface area contributed by atoms with Crippen molar-refractivity contribution < 1.29 is 9.53 Å². The number of ether oxygens (including phenoxy) is 1. The lowest BCUT2D eigenvalue weighted by Gasteiger charge is -2.29. The SMILES string of the molecule is C[C@@H](Nc1cc(C2=CCN(C(=O)OC(C)(C)C)CC2)ccc1Cl)c1ccc(Cl)cc1Cl. The van der Waals surface area contributed by atoms with E-state index in [0.29, 0.717) is 28.2 Å². The molecule has 7 heteroatoms. The highest BCUT2D eigenvalue weighted by atomic mass is 35.5. The summed E-state index contributed by atoms with van der Waals surface area (Å²) in [4.78, 5) is 14.0. The molecule has 0 aromatic heterocycles. The highest BCUT2D eigenvalue weighted by Gasteiger charge is 2.24. The smallest absolute Gasteiger partial charge is 0.410 e. The molecule has 0 spiro atoms. The molecule has 0 saturated carbocycles. The van der Waals surface area contributed by atoms with Gasteiger partial charge in [0.15, 0.2) is 0 Å². The minimum atomic E-state index is -0.499. The van der Waals surface area contributed by atoms with Gasteiger partial charge in [0, 0.05) is 23.1 Å². The number of nitrogens with one attached hydrogen (secondary N) is 1. The molecule has 1 amide bonds. The van der Waals surface area contributed by atoms with Crippen molar-refractivity contribution in [1.29, 1.82) is 0 Å². The normalized spacial score (nSPS) is 15.3. The van der Waals surface area contributed by atoms with Crippen molar-refractivity contribution in [2.45, 2.75) is 45.8 Å². The molecule has 1 aliphatic rings. The van der Waals surface area contributed by atoms with E-state index in [9.17, 15) is 4.79 Å². The molecule has 3 rings (SSSR count). The van der Waals surface area contributed by atoms with Crippen molar-refractivity contribution in [2.75, 3.05) is 18.4 Å². The average molecular weight is 482 g/mol. The average Bonchev–Trinajstić information content (AvgIpc) is 2.68. The van der Waals surface area contributed by atoms with Gasteiger partial charge >= 0.3 is 6.09 Å². The van der Waals surface area contributed by atoms with Crippen LogP contribution in [0.4, 0.5) is 10.5 Å². The Morgan fingerprint density at radius 3 is 2.45 bits per heavy atom. The first kappa shape index (κ1) is 23.8. The van der Waals surface area contributed by atoms with Gasteiger partial charge in [0.2, 0.25) is 0 Å². The summed E-state index contributed by atoms with van der Waals surface area (Å²) >= 11 is 18.8. The van der Waals surface area contributed by atoms with Crippen LogP contribution in [0.2, 0.25) is 15.1 Å². The van der Waals surface area contributed by atoms with E-state index in [1.807, 2.05) is 58.0 Å². The topological polar surface area (TPSA) is 41.6 Å². The summed E-state index contributed by atoms with van der Waals surface area (Å²) in [6, 6.07) is 11.3. The van der Waals surface area contributed by atoms with E-state index in [0.717, 1.165) is 23.2 Å². The summed E-state index contributed by atoms with van der Waals surface area (Å²) in [5.41, 5.74) is 3.52. The molecule has 0 unspecified atom stereocenters. The van der Waals surface area contributed by atoms with Gasteiger partial charge in [-0.25, -0.2) is 4.79 Å². The van der Waals surface area contributed by atoms with Gasteiger partial charge in [-0.1, -0.05) is 53.0 Å². The van der Waals surface area contributed by atoms with Gasteiger partial charge in [-0.3, -0.25) is 0 Å². The van der Waals surface area contributed by atoms with Crippen LogP contribution in [0.5, 0.6) is 0 Å². The van der Waals surface area contributed by atoms with Gasteiger partial charge in [0.1, 0.15) is 5.60 Å². The summed E-state index contributed by atoms with van der Waals surface area (Å²) in [6.07, 6.45) is 2.54. The zero-order valence-electron chi connectivity index (χ0n) is 18.1. The molecule has 1 aliphatic heterocycles. The number of anilines is 1. The number of benzene rings is 2. The van der Waals surface area contributed by atoms with Crippen molar-refractivity contribution in [3.8, 4) is 0 Å². The van der Waals surface area contributed by atoms with Crippen LogP contribution in [0.15, 0.2) is 42.5 Å². The second kappa shape index (κ2) is 9.72. The molecule has 1 N–H and O–H groups in total. The van der Waals surface area contributed by atoms with E-state index in [1.54, 1.807) is 11.0 Å². The number of nitrogens with zero attached hydrogens (tertiary/aromatic N) is 1. The van der Waals surface area contributed by atoms with Crippen molar-refractivity contribution in [2.24, 2.45) is 0 Å². The number of amides is 1. The lowest BCUT2D eigenvalue weighted by Crippen LogP contribution is -2.39. The van der Waals surface area contributed by atoms with Crippen molar-refractivity contribution in [3.63, 3.8) is 0 Å². The molecule has 0 radical (unpaired) electrons. The second-order valence-electron chi connectivity index (χ2n) is 8.63. The third-order valence-corrected chi connectivity index (χ3v) is 5.89. The van der Waals surface area contributed by atoms with E-state index in [2.05, 4.69) is 11.4 Å². The molecule has 166 valence electrons. The maximum Gasteiger partial charge on any atom is 0.410 e. The lowest BCUT2D eigenvalue weighted by molar-refractivity contribution is 0.0270. The Hall–Kier alpha value is -1.88. The Morgan fingerprint density at radius 1 is 1.10 bits per heavy atom. The summed E-state index contributed by atoms with van der Waals surface area (Å²) in [5, 5.41) is 5.29. The molecular weight excluding hydrogens is 455 g/mol. The van der Waals surface area contributed by atoms with E-state index in [-0.39, 0.29) is 12.1 Å². The zero-order chi connectivity index (χ0) is 22.8. The van der Waals surface area contributed by atoms with Gasteiger partial charge in [0.05, 0.1) is 16.8 Å². The molecular formula is C24H27Cl3N2O2. The third kappa shape index (κ3) is 6.31. The number of hydrogen-bond donors (Lipinski definition) is 1. The Kier molecular flexibility index (Phi) is 7.46. The van der Waals surface area contributed by atoms with Gasteiger partial charge in [-0.2, -0.15) is 0 Å². The Balaban J connectivity index is 1.73. The highest BCUT2D eigenvalue weighted by Crippen LogP contribution is 2.34. The van der Waals surface area contributed by atoms with Crippen molar-refractivity contribution >= 4 is 52.2 Å². The summed E-state index contributed by atoms with van der Waals surface area (Å²) < 4.78 is 5.47. The van der Waals surface area contributed by atoms with E-state index in [1.165, 1.54) is 5.57 Å². The predicted molar refractivity (Wildman–Crippen MR) is 130 cm³/mol. The molecule has 31 heavy (non-hydrogen) atoms. The number of carbonyl (C=O) groups is 1. The lowest BCUT2D eigenvalue weighted by atomic mass is 9.98. The summed E-state index contributed by atoms with van der Waals surface area (Å²) in [6.45, 7) is 8.77. The molecule has 0 saturated heterocycles. The fourth-order valence-electron chi connectivity index (χ4n) is 3.42. The maximum absolute atomic E-state index is 12.3. The molecule has 0 aliphatic carbocycles. The summed E-state index contributed by atoms with van der Waals surface area (Å²) in [5.74, 6) is 0. The molecule has 4 nitrogen and oxygen atoms in total. The number of halogens is 3. The standard InChI is InChI=1S/C24H27Cl3N2O2/c1-15(19-7-6-18(25)14-21(19)27)28-22-13-17(5-8-20(22)26)16-9-11-29(12-10-16)23(30)31-24(2,3)4/h5-9,13-15,28H,10-12H2,1-4H3/t15-/m1/s1. The number of carbonyl (C=O) groups excluding carboxylic acids is 1. The molecule has 2 aromatic carbocycles. The van der Waals surface area contributed by atoms with Crippen LogP contribution in [-0.2, 0) is 4.74 Å².